The van der Waals surface area contributed by atoms with Gasteiger partial charge in [-0.2, -0.15) is 0 Å². The minimum absolute atomic E-state index is 0.197. The number of methoxy groups -OCH3 is 1. The second kappa shape index (κ2) is 4.59. The lowest BCUT2D eigenvalue weighted by molar-refractivity contribution is 0.386. The number of hydrogen-bond donors (Lipinski definition) is 1. The first-order chi connectivity index (χ1) is 8.11. The molecule has 5 heteroatoms. The number of nitrogens with zero attached hydrogens (tertiary/aromatic N) is 1. The molecule has 0 fully saturated rings. The molecule has 0 amide bonds. The second-order valence-electron chi connectivity index (χ2n) is 3.44. The van der Waals surface area contributed by atoms with Gasteiger partial charge in [-0.1, -0.05) is 17.7 Å². The van der Waals surface area contributed by atoms with E-state index in [-0.39, 0.29) is 11.6 Å². The Morgan fingerprint density at radius 1 is 1.29 bits per heavy atom. The Bertz CT molecular complexity index is 560. The van der Waals surface area contributed by atoms with Crippen molar-refractivity contribution in [2.75, 3.05) is 12.8 Å². The fraction of sp³-hybridized carbons (Fsp3) is 0.0833. The maximum Gasteiger partial charge on any atom is 0.165 e. The van der Waals surface area contributed by atoms with Gasteiger partial charge >= 0.3 is 0 Å². The van der Waals surface area contributed by atoms with E-state index in [1.807, 2.05) is 0 Å². The highest BCUT2D eigenvalue weighted by molar-refractivity contribution is 6.33. The standard InChI is InChI=1S/C12H10ClFN2O/c1-17-11-3-2-7(5-10(11)14)8-4-9(13)12(15)16-6-8/h2-6H,1H3,(H2,15,16). The zero-order valence-electron chi connectivity index (χ0n) is 9.08. The van der Waals surface area contributed by atoms with E-state index in [9.17, 15) is 4.39 Å². The summed E-state index contributed by atoms with van der Waals surface area (Å²) in [4.78, 5) is 3.92. The Kier molecular flexibility index (Phi) is 3.15. The number of nitrogen functional groups attached to an aromatic ring is 1. The Morgan fingerprint density at radius 3 is 2.65 bits per heavy atom. The Labute approximate surface area is 103 Å². The zero-order valence-corrected chi connectivity index (χ0v) is 9.83. The summed E-state index contributed by atoms with van der Waals surface area (Å²) < 4.78 is 18.4. The molecule has 3 nitrogen and oxygen atoms in total. The van der Waals surface area contributed by atoms with Crippen LogP contribution >= 0.6 is 11.6 Å². The molecule has 2 aromatic rings. The number of nitrogens with two attached hydrogens (primary N) is 1. The van der Waals surface area contributed by atoms with Crippen LogP contribution in [0.2, 0.25) is 5.02 Å². The molecule has 2 rings (SSSR count). The fourth-order valence-electron chi connectivity index (χ4n) is 1.45. The predicted octanol–water partition coefficient (Wildman–Crippen LogP) is 3.13. The number of hydrogen-bond acceptors (Lipinski definition) is 3. The van der Waals surface area contributed by atoms with Gasteiger partial charge in [0.25, 0.3) is 0 Å². The van der Waals surface area contributed by atoms with Crippen molar-refractivity contribution >= 4 is 17.4 Å². The van der Waals surface area contributed by atoms with Crippen molar-refractivity contribution in [1.29, 1.82) is 0 Å². The highest BCUT2D eigenvalue weighted by Gasteiger charge is 2.07. The Hall–Kier alpha value is -1.81. The summed E-state index contributed by atoms with van der Waals surface area (Å²) in [6.45, 7) is 0. The smallest absolute Gasteiger partial charge is 0.165 e. The summed E-state index contributed by atoms with van der Waals surface area (Å²) in [5.74, 6) is 0.0191. The summed E-state index contributed by atoms with van der Waals surface area (Å²) in [6, 6.07) is 6.29. The Morgan fingerprint density at radius 2 is 2.06 bits per heavy atom. The summed E-state index contributed by atoms with van der Waals surface area (Å²) in [5, 5.41) is 0.346. The lowest BCUT2D eigenvalue weighted by Gasteiger charge is -2.06. The van der Waals surface area contributed by atoms with Crippen molar-refractivity contribution in [3.05, 3.63) is 41.3 Å². The van der Waals surface area contributed by atoms with Gasteiger partial charge in [-0.3, -0.25) is 0 Å². The molecule has 1 heterocycles. The van der Waals surface area contributed by atoms with Crippen LogP contribution < -0.4 is 10.5 Å². The maximum absolute atomic E-state index is 13.5. The van der Waals surface area contributed by atoms with Crippen molar-refractivity contribution in [3.63, 3.8) is 0 Å². The number of pyridine rings is 1. The fourth-order valence-corrected chi connectivity index (χ4v) is 1.62. The monoisotopic (exact) mass is 252 g/mol. The third-order valence-corrected chi connectivity index (χ3v) is 2.66. The number of ether oxygens (including phenoxy) is 1. The third-order valence-electron chi connectivity index (χ3n) is 2.35. The van der Waals surface area contributed by atoms with E-state index in [1.54, 1.807) is 24.4 Å². The average molecular weight is 253 g/mol. The molecule has 1 aromatic carbocycles. The first-order valence-corrected chi connectivity index (χ1v) is 5.24. The van der Waals surface area contributed by atoms with Crippen molar-refractivity contribution < 1.29 is 9.13 Å². The first kappa shape index (κ1) is 11.7. The average Bonchev–Trinajstić information content (AvgIpc) is 2.32. The van der Waals surface area contributed by atoms with E-state index in [1.165, 1.54) is 13.2 Å². The van der Waals surface area contributed by atoms with Crippen LogP contribution in [0.4, 0.5) is 10.2 Å². The molecule has 0 unspecified atom stereocenters. The minimum atomic E-state index is -0.432. The predicted molar refractivity (Wildman–Crippen MR) is 65.6 cm³/mol. The molecule has 0 aliphatic rings. The van der Waals surface area contributed by atoms with Gasteiger partial charge in [0.05, 0.1) is 12.1 Å². The second-order valence-corrected chi connectivity index (χ2v) is 3.85. The molecule has 0 aliphatic heterocycles. The van der Waals surface area contributed by atoms with E-state index in [0.717, 1.165) is 0 Å². The SMILES string of the molecule is COc1ccc(-c2cnc(N)c(Cl)c2)cc1F. The van der Waals surface area contributed by atoms with Crippen molar-refractivity contribution in [1.82, 2.24) is 4.98 Å². The van der Waals surface area contributed by atoms with Gasteiger partial charge in [0.1, 0.15) is 5.82 Å². The highest BCUT2D eigenvalue weighted by atomic mass is 35.5. The summed E-state index contributed by atoms with van der Waals surface area (Å²) in [5.41, 5.74) is 6.87. The molecule has 88 valence electrons. The van der Waals surface area contributed by atoms with Crippen molar-refractivity contribution in [2.45, 2.75) is 0 Å². The van der Waals surface area contributed by atoms with E-state index < -0.39 is 5.82 Å². The van der Waals surface area contributed by atoms with Crippen molar-refractivity contribution in [3.8, 4) is 16.9 Å². The maximum atomic E-state index is 13.5. The van der Waals surface area contributed by atoms with Gasteiger partial charge in [-0.25, -0.2) is 9.37 Å². The van der Waals surface area contributed by atoms with E-state index in [0.29, 0.717) is 16.1 Å². The van der Waals surface area contributed by atoms with Crippen LogP contribution in [-0.2, 0) is 0 Å². The number of anilines is 1. The Balaban J connectivity index is 2.46. The number of aromatic nitrogens is 1. The van der Waals surface area contributed by atoms with Crippen LogP contribution in [-0.4, -0.2) is 12.1 Å². The van der Waals surface area contributed by atoms with Crippen LogP contribution in [0.3, 0.4) is 0 Å². The number of halogens is 2. The largest absolute Gasteiger partial charge is 0.494 e. The molecule has 2 N–H and O–H groups in total. The molecular formula is C12H10ClFN2O. The highest BCUT2D eigenvalue weighted by Crippen LogP contribution is 2.28. The van der Waals surface area contributed by atoms with Crippen molar-refractivity contribution in [2.24, 2.45) is 0 Å². The van der Waals surface area contributed by atoms with Gasteiger partial charge < -0.3 is 10.5 Å². The van der Waals surface area contributed by atoms with Crippen LogP contribution in [0.25, 0.3) is 11.1 Å². The number of benzene rings is 1. The lowest BCUT2D eigenvalue weighted by atomic mass is 10.1. The van der Waals surface area contributed by atoms with E-state index in [2.05, 4.69) is 4.98 Å². The molecule has 0 aliphatic carbocycles. The molecule has 17 heavy (non-hydrogen) atoms. The van der Waals surface area contributed by atoms with E-state index in [4.69, 9.17) is 22.1 Å². The minimum Gasteiger partial charge on any atom is -0.494 e. The summed E-state index contributed by atoms with van der Waals surface area (Å²) in [7, 11) is 1.42. The number of rotatable bonds is 2. The summed E-state index contributed by atoms with van der Waals surface area (Å²) in [6.07, 6.45) is 1.54. The van der Waals surface area contributed by atoms with Crippen LogP contribution in [0.15, 0.2) is 30.5 Å². The lowest BCUT2D eigenvalue weighted by Crippen LogP contribution is -1.92. The van der Waals surface area contributed by atoms with Gasteiger partial charge in [-0.15, -0.1) is 0 Å². The van der Waals surface area contributed by atoms with Gasteiger partial charge in [-0.05, 0) is 23.8 Å². The molecule has 0 radical (unpaired) electrons. The molecule has 1 aromatic heterocycles. The van der Waals surface area contributed by atoms with Crippen LogP contribution in [0, 0.1) is 5.82 Å². The molecule has 0 saturated heterocycles. The van der Waals surface area contributed by atoms with Crippen LogP contribution in [0.5, 0.6) is 5.75 Å². The third kappa shape index (κ3) is 2.31. The topological polar surface area (TPSA) is 48.1 Å². The molecule has 0 atom stereocenters. The summed E-state index contributed by atoms with van der Waals surface area (Å²) >= 11 is 5.86. The molecule has 0 spiro atoms. The molecule has 0 saturated carbocycles. The quantitative estimate of drug-likeness (QED) is 0.893. The molecular weight excluding hydrogens is 243 g/mol. The van der Waals surface area contributed by atoms with Gasteiger partial charge in [0.2, 0.25) is 0 Å². The molecule has 0 bridgehead atoms. The normalized spacial score (nSPS) is 10.3. The van der Waals surface area contributed by atoms with Gasteiger partial charge in [0.15, 0.2) is 11.6 Å². The van der Waals surface area contributed by atoms with E-state index >= 15 is 0 Å². The first-order valence-electron chi connectivity index (χ1n) is 4.86. The van der Waals surface area contributed by atoms with Gasteiger partial charge in [0, 0.05) is 11.8 Å². The zero-order chi connectivity index (χ0) is 12.4. The van der Waals surface area contributed by atoms with Crippen LogP contribution in [0.1, 0.15) is 0 Å².